The zero-order valence-corrected chi connectivity index (χ0v) is 10.4. The van der Waals surface area contributed by atoms with E-state index in [0.717, 1.165) is 12.0 Å². The van der Waals surface area contributed by atoms with Crippen molar-refractivity contribution in [1.82, 2.24) is 0 Å². The van der Waals surface area contributed by atoms with Crippen LogP contribution in [-0.2, 0) is 9.59 Å². The van der Waals surface area contributed by atoms with Gasteiger partial charge in [-0.2, -0.15) is 0 Å². The third-order valence-electron chi connectivity index (χ3n) is 3.82. The Morgan fingerprint density at radius 1 is 1.24 bits per heavy atom. The molecule has 2 atom stereocenters. The number of hydrogen-bond donors (Lipinski definition) is 0. The second kappa shape index (κ2) is 4.44. The minimum atomic E-state index is -0.741. The molecule has 1 aromatic rings. The largest absolute Gasteiger partial charge is 0.299 e. The van der Waals surface area contributed by atoms with E-state index < -0.39 is 5.41 Å². The van der Waals surface area contributed by atoms with Crippen LogP contribution in [-0.4, -0.2) is 11.6 Å². The third-order valence-corrected chi connectivity index (χ3v) is 3.82. The Kier molecular flexibility index (Phi) is 3.14. The fourth-order valence-electron chi connectivity index (χ4n) is 2.74. The summed E-state index contributed by atoms with van der Waals surface area (Å²) in [6.07, 6.45) is 1.92. The first-order chi connectivity index (χ1) is 8.09. The number of carbonyl (C=O) groups excluding carboxylic acids is 2. The molecular formula is C15H18O2. The second-order valence-electron chi connectivity index (χ2n) is 5.04. The fourth-order valence-corrected chi connectivity index (χ4v) is 2.74. The summed E-state index contributed by atoms with van der Waals surface area (Å²) >= 11 is 0. The Balaban J connectivity index is 2.31. The zero-order chi connectivity index (χ0) is 12.5. The quantitative estimate of drug-likeness (QED) is 0.748. The molecule has 1 saturated carbocycles. The maximum Gasteiger partial charge on any atom is 0.153 e. The molecule has 0 aliphatic heterocycles. The minimum Gasteiger partial charge on any atom is -0.299 e. The smallest absolute Gasteiger partial charge is 0.153 e. The van der Waals surface area contributed by atoms with E-state index in [-0.39, 0.29) is 17.5 Å². The molecule has 2 nitrogen and oxygen atoms in total. The molecule has 0 N–H and O–H groups in total. The van der Waals surface area contributed by atoms with Gasteiger partial charge in [0.25, 0.3) is 0 Å². The summed E-state index contributed by atoms with van der Waals surface area (Å²) in [7, 11) is 0. The molecule has 0 aromatic heterocycles. The van der Waals surface area contributed by atoms with Gasteiger partial charge in [-0.15, -0.1) is 0 Å². The van der Waals surface area contributed by atoms with E-state index in [1.165, 1.54) is 0 Å². The maximum atomic E-state index is 12.4. The number of ketones is 2. The van der Waals surface area contributed by atoms with E-state index >= 15 is 0 Å². The molecule has 17 heavy (non-hydrogen) atoms. The molecule has 0 radical (unpaired) electrons. The van der Waals surface area contributed by atoms with E-state index in [0.29, 0.717) is 12.8 Å². The fraction of sp³-hybridized carbons (Fsp3) is 0.467. The lowest BCUT2D eigenvalue weighted by molar-refractivity contribution is -0.134. The van der Waals surface area contributed by atoms with E-state index in [4.69, 9.17) is 0 Å². The highest BCUT2D eigenvalue weighted by Crippen LogP contribution is 2.43. The van der Waals surface area contributed by atoms with Crippen LogP contribution in [0.4, 0.5) is 0 Å². The third kappa shape index (κ3) is 1.92. The Labute approximate surface area is 102 Å². The highest BCUT2D eigenvalue weighted by atomic mass is 16.2. The Hall–Kier alpha value is -1.44. The minimum absolute atomic E-state index is 0.107. The van der Waals surface area contributed by atoms with Crippen LogP contribution in [0.5, 0.6) is 0 Å². The Morgan fingerprint density at radius 3 is 2.47 bits per heavy atom. The van der Waals surface area contributed by atoms with Gasteiger partial charge in [0.05, 0.1) is 11.3 Å². The van der Waals surface area contributed by atoms with E-state index in [1.807, 2.05) is 44.2 Å². The van der Waals surface area contributed by atoms with Crippen LogP contribution in [0.25, 0.3) is 0 Å². The van der Waals surface area contributed by atoms with Crippen molar-refractivity contribution in [3.8, 4) is 0 Å². The summed E-state index contributed by atoms with van der Waals surface area (Å²) in [6, 6.07) is 9.64. The van der Waals surface area contributed by atoms with Crippen molar-refractivity contribution in [2.75, 3.05) is 0 Å². The summed E-state index contributed by atoms with van der Waals surface area (Å²) in [5.74, 6) is -0.00555. The molecule has 0 bridgehead atoms. The molecule has 1 aromatic carbocycles. The number of carbonyl (C=O) groups is 2. The molecule has 1 aliphatic rings. The van der Waals surface area contributed by atoms with Crippen molar-refractivity contribution in [1.29, 1.82) is 0 Å². The topological polar surface area (TPSA) is 34.1 Å². The number of hydrogen-bond acceptors (Lipinski definition) is 2. The van der Waals surface area contributed by atoms with Crippen LogP contribution in [0.3, 0.4) is 0 Å². The van der Waals surface area contributed by atoms with Crippen LogP contribution in [0.1, 0.15) is 44.6 Å². The van der Waals surface area contributed by atoms with Crippen LogP contribution in [0, 0.1) is 5.41 Å². The second-order valence-corrected chi connectivity index (χ2v) is 5.04. The predicted octanol–water partition coefficient (Wildman–Crippen LogP) is 3.12. The van der Waals surface area contributed by atoms with Gasteiger partial charge in [-0.05, 0) is 18.9 Å². The lowest BCUT2D eigenvalue weighted by Crippen LogP contribution is -2.30. The molecule has 0 amide bonds. The molecule has 0 heterocycles. The summed E-state index contributed by atoms with van der Waals surface area (Å²) < 4.78 is 0. The monoisotopic (exact) mass is 230 g/mol. The zero-order valence-electron chi connectivity index (χ0n) is 10.4. The maximum absolute atomic E-state index is 12.4. The van der Waals surface area contributed by atoms with Crippen molar-refractivity contribution < 1.29 is 9.59 Å². The highest BCUT2D eigenvalue weighted by Gasteiger charge is 2.50. The van der Waals surface area contributed by atoms with Crippen LogP contribution >= 0.6 is 0 Å². The number of Topliss-reactive ketones (excluding diaryl/α,β-unsaturated/α-hetero) is 2. The highest BCUT2D eigenvalue weighted by molar-refractivity contribution is 6.15. The van der Waals surface area contributed by atoms with Gasteiger partial charge in [0.15, 0.2) is 5.78 Å². The van der Waals surface area contributed by atoms with Crippen LogP contribution in [0.15, 0.2) is 30.3 Å². The van der Waals surface area contributed by atoms with Gasteiger partial charge >= 0.3 is 0 Å². The van der Waals surface area contributed by atoms with Crippen LogP contribution < -0.4 is 0 Å². The summed E-state index contributed by atoms with van der Waals surface area (Å²) in [6.45, 7) is 3.83. The van der Waals surface area contributed by atoms with Crippen LogP contribution in [0.2, 0.25) is 0 Å². The molecule has 2 heteroatoms. The normalized spacial score (nSPS) is 28.7. The predicted molar refractivity (Wildman–Crippen MR) is 66.8 cm³/mol. The summed E-state index contributed by atoms with van der Waals surface area (Å²) in [4.78, 5) is 24.5. The van der Waals surface area contributed by atoms with Crippen molar-refractivity contribution in [3.05, 3.63) is 35.9 Å². The van der Waals surface area contributed by atoms with Gasteiger partial charge in [0, 0.05) is 6.42 Å². The molecule has 1 fully saturated rings. The molecule has 0 unspecified atom stereocenters. The van der Waals surface area contributed by atoms with Gasteiger partial charge in [-0.3, -0.25) is 9.59 Å². The first-order valence-electron chi connectivity index (χ1n) is 6.22. The first-order valence-corrected chi connectivity index (χ1v) is 6.22. The van der Waals surface area contributed by atoms with E-state index in [9.17, 15) is 9.59 Å². The van der Waals surface area contributed by atoms with Crippen molar-refractivity contribution in [3.63, 3.8) is 0 Å². The molecular weight excluding hydrogens is 212 g/mol. The summed E-state index contributed by atoms with van der Waals surface area (Å²) in [5.41, 5.74) is 0.237. The average molecular weight is 230 g/mol. The molecule has 1 aliphatic carbocycles. The average Bonchev–Trinajstić information content (AvgIpc) is 2.56. The first kappa shape index (κ1) is 12.0. The molecule has 2 rings (SSSR count). The molecule has 0 saturated heterocycles. The standard InChI is InChI=1S/C15H18O2/c1-3-9-15(2)13(16)10-12(14(15)17)11-7-5-4-6-8-11/h4-8,12H,3,9-10H2,1-2H3/t12-,15+/m1/s1. The van der Waals surface area contributed by atoms with E-state index in [1.54, 1.807) is 0 Å². The van der Waals surface area contributed by atoms with Gasteiger partial charge in [-0.1, -0.05) is 43.7 Å². The lowest BCUT2D eigenvalue weighted by atomic mass is 9.80. The number of rotatable bonds is 3. The molecule has 0 spiro atoms. The SMILES string of the molecule is CCC[C@@]1(C)C(=O)C[C@H](c2ccccc2)C1=O. The number of benzene rings is 1. The van der Waals surface area contributed by atoms with Crippen molar-refractivity contribution in [2.45, 2.75) is 39.0 Å². The van der Waals surface area contributed by atoms with Gasteiger partial charge in [0.2, 0.25) is 0 Å². The summed E-state index contributed by atoms with van der Waals surface area (Å²) in [5, 5.41) is 0. The van der Waals surface area contributed by atoms with Gasteiger partial charge < -0.3 is 0 Å². The van der Waals surface area contributed by atoms with Crippen molar-refractivity contribution >= 4 is 11.6 Å². The van der Waals surface area contributed by atoms with E-state index in [2.05, 4.69) is 0 Å². The lowest BCUT2D eigenvalue weighted by Gasteiger charge is -2.20. The van der Waals surface area contributed by atoms with Gasteiger partial charge in [0.1, 0.15) is 5.78 Å². The Bertz CT molecular complexity index is 435. The van der Waals surface area contributed by atoms with Gasteiger partial charge in [-0.25, -0.2) is 0 Å². The Morgan fingerprint density at radius 2 is 1.88 bits per heavy atom. The van der Waals surface area contributed by atoms with Crippen molar-refractivity contribution in [2.24, 2.45) is 5.41 Å². The molecule has 90 valence electrons.